The van der Waals surface area contributed by atoms with E-state index < -0.39 is 0 Å². The molecule has 0 bridgehead atoms. The molecular weight excluding hydrogens is 174 g/mol. The third kappa shape index (κ3) is 2.56. The van der Waals surface area contributed by atoms with Gasteiger partial charge in [-0.2, -0.15) is 5.26 Å². The van der Waals surface area contributed by atoms with Crippen LogP contribution >= 0.6 is 0 Å². The molecule has 0 fully saturated rings. The maximum atomic E-state index is 10.7. The molecular formula is C12H11NO. The van der Waals surface area contributed by atoms with Crippen molar-refractivity contribution < 1.29 is 4.79 Å². The van der Waals surface area contributed by atoms with Gasteiger partial charge in [-0.3, -0.25) is 4.79 Å². The summed E-state index contributed by atoms with van der Waals surface area (Å²) in [4.78, 5) is 10.7. The Hall–Kier alpha value is -1.88. The molecule has 0 atom stereocenters. The molecule has 2 heteroatoms. The predicted molar refractivity (Wildman–Crippen MR) is 55.8 cm³/mol. The molecule has 0 spiro atoms. The molecule has 0 aliphatic heterocycles. The van der Waals surface area contributed by atoms with Gasteiger partial charge < -0.3 is 0 Å². The second kappa shape index (κ2) is 4.98. The van der Waals surface area contributed by atoms with Crippen LogP contribution < -0.4 is 0 Å². The largest absolute Gasteiger partial charge is 0.298 e. The van der Waals surface area contributed by atoms with Crippen molar-refractivity contribution in [1.29, 1.82) is 5.26 Å². The van der Waals surface area contributed by atoms with Gasteiger partial charge in [0.1, 0.15) is 0 Å². The Morgan fingerprint density at radius 1 is 1.43 bits per heavy atom. The van der Waals surface area contributed by atoms with Crippen molar-refractivity contribution in [3.8, 4) is 6.07 Å². The highest BCUT2D eigenvalue weighted by Gasteiger charge is 1.97. The zero-order valence-corrected chi connectivity index (χ0v) is 8.03. The number of hydrogen-bond acceptors (Lipinski definition) is 2. The Labute approximate surface area is 83.5 Å². The van der Waals surface area contributed by atoms with Gasteiger partial charge in [-0.15, -0.1) is 0 Å². The topological polar surface area (TPSA) is 40.9 Å². The van der Waals surface area contributed by atoms with Gasteiger partial charge in [0, 0.05) is 5.56 Å². The number of nitriles is 1. The number of aldehydes is 1. The van der Waals surface area contributed by atoms with Gasteiger partial charge in [-0.05, 0) is 12.5 Å². The normalized spacial score (nSPS) is 10.0. The smallest absolute Gasteiger partial charge is 0.150 e. The SMILES string of the molecule is Cc1ccc(C=O)c(C=CCC#N)c1. The molecule has 0 saturated heterocycles. The summed E-state index contributed by atoms with van der Waals surface area (Å²) in [5, 5.41) is 8.35. The first kappa shape index (κ1) is 10.2. The summed E-state index contributed by atoms with van der Waals surface area (Å²) in [6.45, 7) is 1.97. The lowest BCUT2D eigenvalue weighted by Crippen LogP contribution is -1.86. The van der Waals surface area contributed by atoms with Gasteiger partial charge in [-0.25, -0.2) is 0 Å². The molecule has 0 aromatic heterocycles. The highest BCUT2D eigenvalue weighted by atomic mass is 16.1. The fraction of sp³-hybridized carbons (Fsp3) is 0.167. The molecule has 0 amide bonds. The predicted octanol–water partition coefficient (Wildman–Crippen LogP) is 2.73. The number of rotatable bonds is 3. The summed E-state index contributed by atoms with van der Waals surface area (Å²) in [5.74, 6) is 0. The van der Waals surface area contributed by atoms with Crippen molar-refractivity contribution in [3.63, 3.8) is 0 Å². The fourth-order valence-electron chi connectivity index (χ4n) is 1.18. The number of hydrogen-bond donors (Lipinski definition) is 0. The van der Waals surface area contributed by atoms with E-state index in [0.29, 0.717) is 12.0 Å². The van der Waals surface area contributed by atoms with Crippen LogP contribution in [0.1, 0.15) is 27.9 Å². The van der Waals surface area contributed by atoms with Crippen molar-refractivity contribution in [2.45, 2.75) is 13.3 Å². The zero-order chi connectivity index (χ0) is 10.4. The van der Waals surface area contributed by atoms with E-state index in [9.17, 15) is 4.79 Å². The molecule has 0 unspecified atom stereocenters. The first-order valence-corrected chi connectivity index (χ1v) is 4.37. The number of aryl methyl sites for hydroxylation is 1. The van der Waals surface area contributed by atoms with E-state index in [2.05, 4.69) is 0 Å². The van der Waals surface area contributed by atoms with Crippen molar-refractivity contribution in [2.24, 2.45) is 0 Å². The summed E-state index contributed by atoms with van der Waals surface area (Å²) in [5.41, 5.74) is 2.63. The first-order chi connectivity index (χ1) is 6.77. The van der Waals surface area contributed by atoms with E-state index in [1.807, 2.05) is 25.1 Å². The molecule has 70 valence electrons. The monoisotopic (exact) mass is 185 g/mol. The minimum absolute atomic E-state index is 0.367. The lowest BCUT2D eigenvalue weighted by atomic mass is 10.0. The Bertz CT molecular complexity index is 399. The van der Waals surface area contributed by atoms with E-state index >= 15 is 0 Å². The van der Waals surface area contributed by atoms with Crippen molar-refractivity contribution in [2.75, 3.05) is 0 Å². The van der Waals surface area contributed by atoms with E-state index in [-0.39, 0.29) is 0 Å². The zero-order valence-electron chi connectivity index (χ0n) is 8.03. The molecule has 0 radical (unpaired) electrons. The van der Waals surface area contributed by atoms with Crippen molar-refractivity contribution in [3.05, 3.63) is 41.0 Å². The highest BCUT2D eigenvalue weighted by molar-refractivity contribution is 5.82. The van der Waals surface area contributed by atoms with Gasteiger partial charge in [0.2, 0.25) is 0 Å². The summed E-state index contributed by atoms with van der Waals surface area (Å²) >= 11 is 0. The molecule has 0 heterocycles. The Kier molecular flexibility index (Phi) is 3.63. The lowest BCUT2D eigenvalue weighted by Gasteiger charge is -1.99. The standard InChI is InChI=1S/C12H11NO/c1-10-5-6-12(9-14)11(8-10)4-2-3-7-13/h2,4-6,8-9H,3H2,1H3. The maximum absolute atomic E-state index is 10.7. The van der Waals surface area contributed by atoms with Crippen LogP contribution in [0.2, 0.25) is 0 Å². The minimum atomic E-state index is 0.367. The number of carbonyl (C=O) groups is 1. The molecule has 1 aromatic rings. The van der Waals surface area contributed by atoms with E-state index in [0.717, 1.165) is 17.4 Å². The van der Waals surface area contributed by atoms with Gasteiger partial charge >= 0.3 is 0 Å². The van der Waals surface area contributed by atoms with Gasteiger partial charge in [0.25, 0.3) is 0 Å². The van der Waals surface area contributed by atoms with Gasteiger partial charge in [-0.1, -0.05) is 35.9 Å². The van der Waals surface area contributed by atoms with Gasteiger partial charge in [0.15, 0.2) is 6.29 Å². The van der Waals surface area contributed by atoms with Crippen LogP contribution in [0.25, 0.3) is 6.08 Å². The minimum Gasteiger partial charge on any atom is -0.298 e. The Morgan fingerprint density at radius 2 is 2.21 bits per heavy atom. The molecule has 1 rings (SSSR count). The highest BCUT2D eigenvalue weighted by Crippen LogP contribution is 2.11. The van der Waals surface area contributed by atoms with Crippen LogP contribution in [0.3, 0.4) is 0 Å². The first-order valence-electron chi connectivity index (χ1n) is 4.37. The third-order valence-corrected chi connectivity index (χ3v) is 1.88. The van der Waals surface area contributed by atoms with Crippen LogP contribution in [-0.2, 0) is 0 Å². The van der Waals surface area contributed by atoms with Crippen molar-refractivity contribution in [1.82, 2.24) is 0 Å². The number of nitrogens with zero attached hydrogens (tertiary/aromatic N) is 1. The summed E-state index contributed by atoms with van der Waals surface area (Å²) < 4.78 is 0. The number of benzene rings is 1. The van der Waals surface area contributed by atoms with E-state index in [4.69, 9.17) is 5.26 Å². The van der Waals surface area contributed by atoms with Crippen LogP contribution in [0.4, 0.5) is 0 Å². The molecule has 0 aliphatic rings. The van der Waals surface area contributed by atoms with Crippen LogP contribution in [0.5, 0.6) is 0 Å². The lowest BCUT2D eigenvalue weighted by molar-refractivity contribution is 0.112. The molecule has 1 aromatic carbocycles. The second-order valence-electron chi connectivity index (χ2n) is 3.01. The van der Waals surface area contributed by atoms with Crippen LogP contribution in [0, 0.1) is 18.3 Å². The Balaban J connectivity index is 3.00. The average Bonchev–Trinajstić information content (AvgIpc) is 2.19. The van der Waals surface area contributed by atoms with Gasteiger partial charge in [0.05, 0.1) is 12.5 Å². The summed E-state index contributed by atoms with van der Waals surface area (Å²) in [6.07, 6.45) is 4.75. The fourth-order valence-corrected chi connectivity index (χ4v) is 1.18. The van der Waals surface area contributed by atoms with E-state index in [1.54, 1.807) is 18.2 Å². The second-order valence-corrected chi connectivity index (χ2v) is 3.01. The molecule has 0 saturated carbocycles. The van der Waals surface area contributed by atoms with E-state index in [1.165, 1.54) is 0 Å². The third-order valence-electron chi connectivity index (χ3n) is 1.88. The van der Waals surface area contributed by atoms with Crippen LogP contribution in [-0.4, -0.2) is 6.29 Å². The summed E-state index contributed by atoms with van der Waals surface area (Å²) in [6, 6.07) is 7.62. The number of allylic oxidation sites excluding steroid dienone is 1. The number of carbonyl (C=O) groups excluding carboxylic acids is 1. The molecule has 0 aliphatic carbocycles. The molecule has 0 N–H and O–H groups in total. The summed E-state index contributed by atoms with van der Waals surface area (Å²) in [7, 11) is 0. The molecule has 14 heavy (non-hydrogen) atoms. The average molecular weight is 185 g/mol. The molecule has 2 nitrogen and oxygen atoms in total. The maximum Gasteiger partial charge on any atom is 0.150 e. The quantitative estimate of drug-likeness (QED) is 0.679. The van der Waals surface area contributed by atoms with Crippen molar-refractivity contribution >= 4 is 12.4 Å². The van der Waals surface area contributed by atoms with Crippen LogP contribution in [0.15, 0.2) is 24.3 Å². The Morgan fingerprint density at radius 3 is 2.86 bits per heavy atom.